The van der Waals surface area contributed by atoms with Gasteiger partial charge in [0.1, 0.15) is 72.4 Å². The molecule has 8 aromatic rings. The van der Waals surface area contributed by atoms with Crippen LogP contribution < -0.4 is 37.9 Å². The van der Waals surface area contributed by atoms with Crippen molar-refractivity contribution in [2.24, 2.45) is 0 Å². The third-order valence-corrected chi connectivity index (χ3v) is 22.6. The molecule has 0 aromatic heterocycles. The largest absolute Gasteiger partial charge is 0.496 e. The van der Waals surface area contributed by atoms with Gasteiger partial charge in [0.05, 0.1) is 54.9 Å². The van der Waals surface area contributed by atoms with E-state index in [1.165, 1.54) is 44.5 Å². The number of methoxy groups -OCH3 is 4. The molecule has 20 bridgehead atoms. The summed E-state index contributed by atoms with van der Waals surface area (Å²) in [4.78, 5) is 0. The van der Waals surface area contributed by atoms with Crippen LogP contribution in [-0.2, 0) is 104 Å². The SMILES string of the molecule is COc1c2cc(C(C)(C)C)cc1Cc1cc(C(C)(C)C)cc3c1OCCOCCOc1c4cc(C(C)(C)C)cc1Cc1cc(C(C)(C)C)cc(c1OC)Cc1cc(C(C)(C)C)cc(c1OCCOCCOc1c(cc(C(C)(C)C)cc1Cc1cc(C(C)(C)C)cc(c1OC)C4)C2)Cc1cc(C(C)(C)C)cc(c1OC)C3. The summed E-state index contributed by atoms with van der Waals surface area (Å²) in [5, 5.41) is 0. The van der Waals surface area contributed by atoms with Crippen molar-refractivity contribution < 1.29 is 47.4 Å². The summed E-state index contributed by atoms with van der Waals surface area (Å²) < 4.78 is 71.1. The molecule has 0 radical (unpaired) electrons. The maximum atomic E-state index is 7.48. The molecule has 0 N–H and O–H groups in total. The summed E-state index contributed by atoms with van der Waals surface area (Å²) in [5.74, 6) is 6.69. The number of hydrogen-bond donors (Lipinski definition) is 0. The van der Waals surface area contributed by atoms with E-state index in [0.717, 1.165) is 135 Å². The molecule has 12 rings (SSSR count). The fraction of sp³-hybridized carbons (Fsp3) is 0.520. The van der Waals surface area contributed by atoms with Crippen molar-refractivity contribution in [2.45, 2.75) is 261 Å². The van der Waals surface area contributed by atoms with Gasteiger partial charge in [-0.15, -0.1) is 0 Å². The summed E-state index contributed by atoms with van der Waals surface area (Å²) in [6.45, 7) is 58.0. The molecule has 0 aliphatic carbocycles. The molecule has 4 heterocycles. The molecule has 8 aromatic carbocycles. The van der Waals surface area contributed by atoms with E-state index in [4.69, 9.17) is 47.4 Å². The molecule has 0 fully saturated rings. The average Bonchev–Trinajstić information content (AvgIpc) is 0.768. The lowest BCUT2D eigenvalue weighted by molar-refractivity contribution is 0.0755. The van der Waals surface area contributed by atoms with E-state index in [0.29, 0.717) is 77.8 Å². The minimum atomic E-state index is -0.255. The maximum Gasteiger partial charge on any atom is 0.126 e. The average molecular weight is 1490 g/mol. The van der Waals surface area contributed by atoms with Crippen LogP contribution in [0.1, 0.15) is 300 Å². The zero-order valence-corrected chi connectivity index (χ0v) is 72.6. The molecule has 0 saturated heterocycles. The van der Waals surface area contributed by atoms with Gasteiger partial charge >= 0.3 is 0 Å². The minimum Gasteiger partial charge on any atom is -0.496 e. The van der Waals surface area contributed by atoms with Gasteiger partial charge in [0.25, 0.3) is 0 Å². The van der Waals surface area contributed by atoms with E-state index >= 15 is 0 Å². The molecule has 0 atom stereocenters. The van der Waals surface area contributed by atoms with E-state index in [9.17, 15) is 0 Å². The predicted molar refractivity (Wildman–Crippen MR) is 453 cm³/mol. The van der Waals surface area contributed by atoms with Crippen molar-refractivity contribution in [3.63, 3.8) is 0 Å². The lowest BCUT2D eigenvalue weighted by Gasteiger charge is -2.29. The van der Waals surface area contributed by atoms with Gasteiger partial charge in [0.2, 0.25) is 0 Å². The number of fused-ring (bicyclic) bond motifs is 12. The molecule has 0 unspecified atom stereocenters. The maximum absolute atomic E-state index is 7.48. The summed E-state index contributed by atoms with van der Waals surface area (Å²) in [7, 11) is 7.35. The van der Waals surface area contributed by atoms with Crippen LogP contribution in [0, 0.1) is 0 Å². The van der Waals surface area contributed by atoms with Crippen molar-refractivity contribution in [3.05, 3.63) is 231 Å². The van der Waals surface area contributed by atoms with E-state index in [-0.39, 0.29) is 69.7 Å². The van der Waals surface area contributed by atoms with E-state index in [1.807, 2.05) is 28.4 Å². The molecule has 0 spiro atoms. The standard InChI is InChI=1S/C100H132O10/c1-93(2,3)77-45-61-37-69-53-81(97(13,14)15)55-71-39-63-47-78(94(4,5)6)49-65(86(63)102-26)41-73-57-83(99(19,20)21)59-75-43-67-51-80(96(10,11)12)52-68(88(67)104-28)44-76-60-84(100(22,23)24)58-74(92(76)110-36-32-105-29-33-107-89(69)71)42-66-50-79(95(7,8)9)48-64(87(66)103-27)40-72-56-82(98(16,17)18)54-70(38-62(46-77)85(61)101-25)90(72)108-34-30-106-31-35-109-91(73)75/h45-60H,29-44H2,1-28H3. The zero-order valence-electron chi connectivity index (χ0n) is 72.6. The fourth-order valence-electron chi connectivity index (χ4n) is 16.0. The van der Waals surface area contributed by atoms with Crippen LogP contribution in [0.3, 0.4) is 0 Å². The van der Waals surface area contributed by atoms with Gasteiger partial charge < -0.3 is 47.4 Å². The second-order valence-corrected chi connectivity index (χ2v) is 39.8. The molecule has 110 heavy (non-hydrogen) atoms. The number of ether oxygens (including phenoxy) is 10. The molecule has 4 aliphatic rings. The second kappa shape index (κ2) is 31.9. The van der Waals surface area contributed by atoms with Crippen molar-refractivity contribution >= 4 is 0 Å². The first-order valence-corrected chi connectivity index (χ1v) is 40.5. The Kier molecular flexibility index (Phi) is 24.1. The quantitative estimate of drug-likeness (QED) is 0.159. The van der Waals surface area contributed by atoms with Gasteiger partial charge in [-0.1, -0.05) is 263 Å². The van der Waals surface area contributed by atoms with Gasteiger partial charge in [-0.2, -0.15) is 0 Å². The van der Waals surface area contributed by atoms with Gasteiger partial charge in [0, 0.05) is 51.4 Å². The first-order valence-electron chi connectivity index (χ1n) is 40.5. The van der Waals surface area contributed by atoms with Crippen LogP contribution in [0.5, 0.6) is 46.0 Å². The first kappa shape index (κ1) is 83.0. The lowest BCUT2D eigenvalue weighted by Crippen LogP contribution is -2.19. The highest BCUT2D eigenvalue weighted by Crippen LogP contribution is 2.48. The Morgan fingerprint density at radius 2 is 0.300 bits per heavy atom. The molecule has 0 amide bonds. The Hall–Kier alpha value is -7.92. The van der Waals surface area contributed by atoms with E-state index < -0.39 is 0 Å². The first-order chi connectivity index (χ1) is 51.3. The summed E-state index contributed by atoms with van der Waals surface area (Å²) in [5.41, 5.74) is 24.8. The Morgan fingerprint density at radius 1 is 0.182 bits per heavy atom. The molecule has 0 saturated carbocycles. The highest BCUT2D eigenvalue weighted by atomic mass is 16.6. The molecular weight excluding hydrogens is 1360 g/mol. The van der Waals surface area contributed by atoms with Crippen LogP contribution in [-0.4, -0.2) is 81.3 Å². The van der Waals surface area contributed by atoms with E-state index in [1.54, 1.807) is 0 Å². The second-order valence-electron chi connectivity index (χ2n) is 39.8. The Labute approximate surface area is 662 Å². The smallest absolute Gasteiger partial charge is 0.126 e. The fourth-order valence-corrected chi connectivity index (χ4v) is 16.0. The lowest BCUT2D eigenvalue weighted by atomic mass is 9.79. The van der Waals surface area contributed by atoms with Gasteiger partial charge in [-0.3, -0.25) is 0 Å². The summed E-state index contributed by atoms with van der Waals surface area (Å²) in [6, 6.07) is 38.3. The number of hydrogen-bond acceptors (Lipinski definition) is 10. The van der Waals surface area contributed by atoms with Crippen LogP contribution in [0.25, 0.3) is 0 Å². The molecular formula is C100H132O10. The number of rotatable bonds is 4. The van der Waals surface area contributed by atoms with Crippen molar-refractivity contribution in [1.29, 1.82) is 0 Å². The third-order valence-electron chi connectivity index (χ3n) is 22.6. The molecule has 592 valence electrons. The van der Waals surface area contributed by atoms with Crippen LogP contribution >= 0.6 is 0 Å². The Morgan fingerprint density at radius 3 is 0.409 bits per heavy atom. The third kappa shape index (κ3) is 18.9. The normalized spacial score (nSPS) is 15.5. The van der Waals surface area contributed by atoms with Crippen molar-refractivity contribution in [1.82, 2.24) is 0 Å². The number of benzene rings is 8. The predicted octanol–water partition coefficient (Wildman–Crippen LogP) is 22.7. The van der Waals surface area contributed by atoms with Gasteiger partial charge in [-0.05, 0) is 177 Å². The highest BCUT2D eigenvalue weighted by molar-refractivity contribution is 5.63. The topological polar surface area (TPSA) is 92.3 Å². The van der Waals surface area contributed by atoms with Gasteiger partial charge in [-0.25, -0.2) is 0 Å². The van der Waals surface area contributed by atoms with Crippen molar-refractivity contribution in [2.75, 3.05) is 81.3 Å². The summed E-state index contributed by atoms with van der Waals surface area (Å²) >= 11 is 0. The molecule has 10 heteroatoms. The van der Waals surface area contributed by atoms with E-state index in [2.05, 4.69) is 263 Å². The summed E-state index contributed by atoms with van der Waals surface area (Å²) in [6.07, 6.45) is 4.16. The highest BCUT2D eigenvalue weighted by Gasteiger charge is 2.34. The minimum absolute atomic E-state index is 0.241. The van der Waals surface area contributed by atoms with Crippen LogP contribution in [0.4, 0.5) is 0 Å². The van der Waals surface area contributed by atoms with Crippen LogP contribution in [0.2, 0.25) is 0 Å². The van der Waals surface area contributed by atoms with Crippen LogP contribution in [0.15, 0.2) is 97.1 Å². The van der Waals surface area contributed by atoms with Crippen molar-refractivity contribution in [3.8, 4) is 46.0 Å². The molecule has 4 aliphatic heterocycles. The Balaban J connectivity index is 1.33. The molecule has 10 nitrogen and oxygen atoms in total. The Bertz CT molecular complexity index is 3890. The van der Waals surface area contributed by atoms with Gasteiger partial charge in [0.15, 0.2) is 0 Å². The zero-order chi connectivity index (χ0) is 80.2. The monoisotopic (exact) mass is 1490 g/mol.